The van der Waals surface area contributed by atoms with Crippen molar-refractivity contribution in [1.82, 2.24) is 0 Å². The van der Waals surface area contributed by atoms with Crippen LogP contribution in [-0.2, 0) is 9.53 Å². The van der Waals surface area contributed by atoms with Crippen LogP contribution in [-0.4, -0.2) is 25.2 Å². The van der Waals surface area contributed by atoms with E-state index in [1.165, 1.54) is 12.8 Å². The average molecular weight is 186 g/mol. The Morgan fingerprint density at radius 1 is 1.38 bits per heavy atom. The fourth-order valence-corrected chi connectivity index (χ4v) is 1.85. The number of carbonyl (C=O) groups is 1. The molecule has 0 bridgehead atoms. The van der Waals surface area contributed by atoms with Crippen LogP contribution in [0.1, 0.15) is 25.7 Å². The van der Waals surface area contributed by atoms with E-state index in [4.69, 9.17) is 16.2 Å². The molecule has 0 aromatic carbocycles. The van der Waals surface area contributed by atoms with Crippen molar-refractivity contribution in [1.29, 1.82) is 0 Å². The van der Waals surface area contributed by atoms with E-state index in [-0.39, 0.29) is 12.7 Å². The third-order valence-corrected chi connectivity index (χ3v) is 2.58. The van der Waals surface area contributed by atoms with E-state index in [1.54, 1.807) is 0 Å². The van der Waals surface area contributed by atoms with Gasteiger partial charge in [-0.05, 0) is 25.3 Å². The minimum atomic E-state index is -0.402. The Kier molecular flexibility index (Phi) is 4.18. The fraction of sp³-hybridized carbons (Fsp3) is 0.889. The topological polar surface area (TPSA) is 78.3 Å². The molecule has 1 aliphatic carbocycles. The fourth-order valence-electron chi connectivity index (χ4n) is 1.85. The summed E-state index contributed by atoms with van der Waals surface area (Å²) in [5.74, 6) is 0.00875. The molecule has 1 fully saturated rings. The van der Waals surface area contributed by atoms with Crippen LogP contribution < -0.4 is 11.5 Å². The highest BCUT2D eigenvalue weighted by atomic mass is 16.5. The Morgan fingerprint density at radius 2 is 2.08 bits per heavy atom. The van der Waals surface area contributed by atoms with Crippen molar-refractivity contribution in [3.63, 3.8) is 0 Å². The highest BCUT2D eigenvalue weighted by molar-refractivity contribution is 5.75. The lowest BCUT2D eigenvalue weighted by molar-refractivity contribution is -0.126. The molecule has 2 unspecified atom stereocenters. The second-order valence-corrected chi connectivity index (χ2v) is 3.60. The largest absolute Gasteiger partial charge is 0.368 e. The number of nitrogens with two attached hydrogens (primary N) is 2. The molecule has 0 aromatic rings. The summed E-state index contributed by atoms with van der Waals surface area (Å²) < 4.78 is 5.39. The molecule has 0 heterocycles. The van der Waals surface area contributed by atoms with E-state index < -0.39 is 5.91 Å². The van der Waals surface area contributed by atoms with Gasteiger partial charge in [-0.3, -0.25) is 4.79 Å². The lowest BCUT2D eigenvalue weighted by atomic mass is 9.86. The van der Waals surface area contributed by atoms with E-state index in [1.807, 2.05) is 0 Å². The monoisotopic (exact) mass is 186 g/mol. The minimum absolute atomic E-state index is 0.0289. The van der Waals surface area contributed by atoms with Gasteiger partial charge < -0.3 is 16.2 Å². The van der Waals surface area contributed by atoms with Crippen LogP contribution in [0.2, 0.25) is 0 Å². The van der Waals surface area contributed by atoms with E-state index in [9.17, 15) is 4.79 Å². The summed E-state index contributed by atoms with van der Waals surface area (Å²) in [7, 11) is 0. The van der Waals surface area contributed by atoms with Crippen LogP contribution >= 0.6 is 0 Å². The van der Waals surface area contributed by atoms with Crippen LogP contribution in [0.15, 0.2) is 0 Å². The number of hydrogen-bond donors (Lipinski definition) is 2. The number of ether oxygens (including phenoxy) is 1. The van der Waals surface area contributed by atoms with E-state index >= 15 is 0 Å². The van der Waals surface area contributed by atoms with Crippen LogP contribution in [0.3, 0.4) is 0 Å². The number of rotatable bonds is 4. The third kappa shape index (κ3) is 3.32. The first-order chi connectivity index (χ1) is 6.24. The summed E-state index contributed by atoms with van der Waals surface area (Å²) in [6, 6.07) is 0. The second kappa shape index (κ2) is 5.19. The predicted molar refractivity (Wildman–Crippen MR) is 49.9 cm³/mol. The smallest absolute Gasteiger partial charge is 0.243 e. The number of amides is 1. The van der Waals surface area contributed by atoms with Gasteiger partial charge in [-0.1, -0.05) is 12.8 Å². The van der Waals surface area contributed by atoms with Crippen molar-refractivity contribution in [3.05, 3.63) is 0 Å². The summed E-state index contributed by atoms with van der Waals surface area (Å²) in [5.41, 5.74) is 10.6. The Bertz CT molecular complexity index is 173. The van der Waals surface area contributed by atoms with Crippen LogP contribution in [0.5, 0.6) is 0 Å². The molecule has 4 N–H and O–H groups in total. The molecule has 4 heteroatoms. The van der Waals surface area contributed by atoms with Crippen LogP contribution in [0, 0.1) is 5.92 Å². The van der Waals surface area contributed by atoms with E-state index in [0.29, 0.717) is 12.5 Å². The molecule has 1 aliphatic rings. The quantitative estimate of drug-likeness (QED) is 0.649. The molecule has 1 amide bonds. The molecule has 2 atom stereocenters. The third-order valence-electron chi connectivity index (χ3n) is 2.58. The van der Waals surface area contributed by atoms with Crippen molar-refractivity contribution in [2.45, 2.75) is 31.8 Å². The molecule has 0 aliphatic heterocycles. The Morgan fingerprint density at radius 3 is 2.69 bits per heavy atom. The lowest BCUT2D eigenvalue weighted by Crippen LogP contribution is -2.35. The Hall–Kier alpha value is -0.610. The van der Waals surface area contributed by atoms with Gasteiger partial charge in [0.05, 0.1) is 6.10 Å². The molecule has 0 aromatic heterocycles. The maximum atomic E-state index is 10.5. The summed E-state index contributed by atoms with van der Waals surface area (Å²) in [6.07, 6.45) is 4.65. The van der Waals surface area contributed by atoms with Crippen molar-refractivity contribution in [2.24, 2.45) is 17.4 Å². The van der Waals surface area contributed by atoms with Gasteiger partial charge in [0.1, 0.15) is 6.61 Å². The minimum Gasteiger partial charge on any atom is -0.368 e. The van der Waals surface area contributed by atoms with E-state index in [0.717, 1.165) is 12.8 Å². The molecular weight excluding hydrogens is 168 g/mol. The molecule has 1 rings (SSSR count). The first kappa shape index (κ1) is 10.5. The molecule has 0 spiro atoms. The average Bonchev–Trinajstić information content (AvgIpc) is 2.15. The lowest BCUT2D eigenvalue weighted by Gasteiger charge is -2.30. The van der Waals surface area contributed by atoms with Gasteiger partial charge in [0.25, 0.3) is 0 Å². The number of primary amides is 1. The zero-order valence-corrected chi connectivity index (χ0v) is 7.87. The Balaban J connectivity index is 2.31. The zero-order chi connectivity index (χ0) is 9.68. The van der Waals surface area contributed by atoms with Gasteiger partial charge in [-0.25, -0.2) is 0 Å². The van der Waals surface area contributed by atoms with E-state index in [2.05, 4.69) is 0 Å². The van der Waals surface area contributed by atoms with Crippen molar-refractivity contribution in [3.8, 4) is 0 Å². The SMILES string of the molecule is NCC1CCCCC1OCC(N)=O. The molecule has 0 radical (unpaired) electrons. The molecule has 4 nitrogen and oxygen atoms in total. The van der Waals surface area contributed by atoms with Crippen molar-refractivity contribution < 1.29 is 9.53 Å². The Labute approximate surface area is 78.6 Å². The molecule has 1 saturated carbocycles. The van der Waals surface area contributed by atoms with Crippen molar-refractivity contribution in [2.75, 3.05) is 13.2 Å². The molecular formula is C9H18N2O2. The van der Waals surface area contributed by atoms with Crippen LogP contribution in [0.25, 0.3) is 0 Å². The van der Waals surface area contributed by atoms with Gasteiger partial charge >= 0.3 is 0 Å². The summed E-state index contributed by atoms with van der Waals surface area (Å²) in [4.78, 5) is 10.5. The highest BCUT2D eigenvalue weighted by Gasteiger charge is 2.24. The highest BCUT2D eigenvalue weighted by Crippen LogP contribution is 2.25. The van der Waals surface area contributed by atoms with Gasteiger partial charge in [-0.15, -0.1) is 0 Å². The van der Waals surface area contributed by atoms with Gasteiger partial charge in [0.15, 0.2) is 0 Å². The van der Waals surface area contributed by atoms with Gasteiger partial charge in [0.2, 0.25) is 5.91 Å². The second-order valence-electron chi connectivity index (χ2n) is 3.60. The van der Waals surface area contributed by atoms with Crippen LogP contribution in [0.4, 0.5) is 0 Å². The maximum Gasteiger partial charge on any atom is 0.243 e. The first-order valence-electron chi connectivity index (χ1n) is 4.84. The van der Waals surface area contributed by atoms with Crippen molar-refractivity contribution >= 4 is 5.91 Å². The molecule has 0 saturated heterocycles. The number of hydrogen-bond acceptors (Lipinski definition) is 3. The maximum absolute atomic E-state index is 10.5. The molecule has 13 heavy (non-hydrogen) atoms. The van der Waals surface area contributed by atoms with Gasteiger partial charge in [-0.2, -0.15) is 0 Å². The number of carbonyl (C=O) groups excluding carboxylic acids is 1. The normalized spacial score (nSPS) is 28.7. The predicted octanol–water partition coefficient (Wildman–Crippen LogP) is 0.00580. The summed E-state index contributed by atoms with van der Waals surface area (Å²) >= 11 is 0. The zero-order valence-electron chi connectivity index (χ0n) is 7.87. The summed E-state index contributed by atoms with van der Waals surface area (Å²) in [6.45, 7) is 0.671. The standard InChI is InChI=1S/C9H18N2O2/c10-5-7-3-1-2-4-8(7)13-6-9(11)12/h7-8H,1-6,10H2,(H2,11,12). The molecule has 76 valence electrons. The van der Waals surface area contributed by atoms with Gasteiger partial charge in [0, 0.05) is 0 Å². The summed E-state index contributed by atoms with van der Waals surface area (Å²) in [5, 5.41) is 0. The first-order valence-corrected chi connectivity index (χ1v) is 4.84.